The van der Waals surface area contributed by atoms with E-state index in [4.69, 9.17) is 34.8 Å². The number of phenolic OH excluding ortho intramolecular Hbond substituents is 1. The van der Waals surface area contributed by atoms with Gasteiger partial charge < -0.3 is 10.1 Å². The molecule has 1 aromatic heterocycles. The lowest BCUT2D eigenvalue weighted by Crippen LogP contribution is -2.26. The van der Waals surface area contributed by atoms with Gasteiger partial charge in [0.15, 0.2) is 0 Å². The molecule has 7 nitrogen and oxygen atoms in total. The lowest BCUT2D eigenvalue weighted by Gasteiger charge is -2.15. The van der Waals surface area contributed by atoms with Crippen molar-refractivity contribution in [3.05, 3.63) is 103 Å². The summed E-state index contributed by atoms with van der Waals surface area (Å²) in [6.45, 7) is -0.171. The third-order valence-corrected chi connectivity index (χ3v) is 8.49. The normalized spacial score (nSPS) is 11.8. The molecule has 4 aromatic rings. The lowest BCUT2D eigenvalue weighted by molar-refractivity contribution is -0.137. The number of pyridine rings is 1. The Morgan fingerprint density at radius 2 is 1.66 bits per heavy atom. The van der Waals surface area contributed by atoms with Gasteiger partial charge in [0.2, 0.25) is 10.0 Å². The molecule has 0 unspecified atom stereocenters. The number of nitrogens with zero attached hydrogens (tertiary/aromatic N) is 1. The Balaban J connectivity index is 1.74. The molecule has 0 spiro atoms. The van der Waals surface area contributed by atoms with Crippen LogP contribution in [0.2, 0.25) is 15.1 Å². The smallest absolute Gasteiger partial charge is 0.416 e. The van der Waals surface area contributed by atoms with Crippen molar-refractivity contribution in [2.24, 2.45) is 0 Å². The molecular weight excluding hydrogens is 626 g/mol. The minimum absolute atomic E-state index is 0.0209. The van der Waals surface area contributed by atoms with Crippen molar-refractivity contribution in [2.45, 2.75) is 17.5 Å². The highest BCUT2D eigenvalue weighted by atomic mass is 35.5. The zero-order chi connectivity index (χ0) is 30.1. The van der Waals surface area contributed by atoms with Crippen molar-refractivity contribution in [1.82, 2.24) is 9.71 Å². The molecule has 14 heteroatoms. The van der Waals surface area contributed by atoms with Crippen LogP contribution in [0.4, 0.5) is 13.2 Å². The van der Waals surface area contributed by atoms with E-state index in [1.807, 2.05) is 0 Å². The first kappa shape index (κ1) is 30.4. The second-order valence-electron chi connectivity index (χ2n) is 8.64. The molecule has 0 saturated heterocycles. The Labute approximate surface area is 246 Å². The number of alkyl halides is 3. The van der Waals surface area contributed by atoms with Gasteiger partial charge in [0, 0.05) is 33.3 Å². The third kappa shape index (κ3) is 6.53. The number of H-pyrrole nitrogens is 1. The van der Waals surface area contributed by atoms with Gasteiger partial charge in [-0.25, -0.2) is 13.1 Å². The zero-order valence-corrected chi connectivity index (χ0v) is 23.6. The number of sulfonamides is 1. The number of nitrogens with one attached hydrogen (secondary N) is 2. The van der Waals surface area contributed by atoms with Crippen LogP contribution in [0, 0.1) is 11.3 Å². The Morgan fingerprint density at radius 3 is 2.32 bits per heavy atom. The highest BCUT2D eigenvalue weighted by Crippen LogP contribution is 2.39. The highest BCUT2D eigenvalue weighted by molar-refractivity contribution is 7.89. The van der Waals surface area contributed by atoms with Crippen LogP contribution >= 0.6 is 34.8 Å². The largest absolute Gasteiger partial charge is 0.507 e. The summed E-state index contributed by atoms with van der Waals surface area (Å²) in [5.74, 6) is -0.382. The number of halogens is 6. The molecule has 0 radical (unpaired) electrons. The summed E-state index contributed by atoms with van der Waals surface area (Å²) < 4.78 is 67.8. The quantitative estimate of drug-likeness (QED) is 0.205. The molecule has 0 atom stereocenters. The van der Waals surface area contributed by atoms with Crippen molar-refractivity contribution >= 4 is 44.8 Å². The Morgan fingerprint density at radius 1 is 0.951 bits per heavy atom. The molecule has 212 valence electrons. The molecule has 0 amide bonds. The van der Waals surface area contributed by atoms with E-state index >= 15 is 0 Å². The number of aromatic amines is 1. The molecule has 41 heavy (non-hydrogen) atoms. The maximum atomic E-state index is 13.4. The standard InChI is InChI=1S/C27H17Cl3F3N3O4S/c28-16-9-14(7-8-35-41(39,40)24-4-2-1-3-22(24)30)25(37)19(11-16)23-12-17(20(13-34)26(38)36-23)18-10-15(27(31,32)33)5-6-21(18)29/h1-6,9-12,35,37H,7-8H2,(H,36,38). The highest BCUT2D eigenvalue weighted by Gasteiger charge is 2.31. The van der Waals surface area contributed by atoms with Gasteiger partial charge in [0.1, 0.15) is 22.3 Å². The van der Waals surface area contributed by atoms with Crippen molar-refractivity contribution in [2.75, 3.05) is 6.54 Å². The minimum atomic E-state index is -4.72. The predicted octanol–water partition coefficient (Wildman–Crippen LogP) is 6.79. The molecule has 3 aromatic carbocycles. The molecule has 1 heterocycles. The van der Waals surface area contributed by atoms with Gasteiger partial charge in [-0.1, -0.05) is 46.9 Å². The van der Waals surface area contributed by atoms with Crippen LogP contribution in [0.15, 0.2) is 70.4 Å². The number of nitriles is 1. The monoisotopic (exact) mass is 641 g/mol. The first-order valence-electron chi connectivity index (χ1n) is 11.5. The minimum Gasteiger partial charge on any atom is -0.507 e. The molecule has 0 fully saturated rings. The van der Waals surface area contributed by atoms with Crippen molar-refractivity contribution in [3.63, 3.8) is 0 Å². The summed E-state index contributed by atoms with van der Waals surface area (Å²) in [5.41, 5.74) is -2.81. The van der Waals surface area contributed by atoms with E-state index in [0.717, 1.165) is 18.2 Å². The molecule has 3 N–H and O–H groups in total. The van der Waals surface area contributed by atoms with Crippen LogP contribution in [0.25, 0.3) is 22.4 Å². The Kier molecular flexibility index (Phi) is 8.73. The number of hydrogen-bond donors (Lipinski definition) is 3. The summed E-state index contributed by atoms with van der Waals surface area (Å²) in [7, 11) is -3.98. The van der Waals surface area contributed by atoms with E-state index in [1.165, 1.54) is 36.4 Å². The molecular formula is C27H17Cl3F3N3O4S. The number of hydrogen-bond acceptors (Lipinski definition) is 5. The molecule has 0 aliphatic rings. The van der Waals surface area contributed by atoms with E-state index in [9.17, 15) is 36.8 Å². The van der Waals surface area contributed by atoms with Crippen LogP contribution in [0.3, 0.4) is 0 Å². The van der Waals surface area contributed by atoms with Crippen molar-refractivity contribution in [3.8, 4) is 34.2 Å². The lowest BCUT2D eigenvalue weighted by atomic mass is 9.96. The van der Waals surface area contributed by atoms with Gasteiger partial charge in [-0.15, -0.1) is 0 Å². The van der Waals surface area contributed by atoms with Crippen molar-refractivity contribution < 1.29 is 26.7 Å². The molecule has 0 bridgehead atoms. The van der Waals surface area contributed by atoms with Crippen LogP contribution in [0.1, 0.15) is 16.7 Å². The summed E-state index contributed by atoms with van der Waals surface area (Å²) >= 11 is 18.4. The maximum absolute atomic E-state index is 13.4. The van der Waals surface area contributed by atoms with Crippen LogP contribution < -0.4 is 10.3 Å². The van der Waals surface area contributed by atoms with Gasteiger partial charge in [-0.2, -0.15) is 18.4 Å². The van der Waals surface area contributed by atoms with E-state index in [-0.39, 0.29) is 66.6 Å². The number of aromatic nitrogens is 1. The predicted molar refractivity (Wildman–Crippen MR) is 150 cm³/mol. The Hall–Kier alpha value is -3.53. The van der Waals surface area contributed by atoms with Crippen LogP contribution in [0.5, 0.6) is 5.75 Å². The second-order valence-corrected chi connectivity index (χ2v) is 11.6. The molecule has 0 aliphatic carbocycles. The number of rotatable bonds is 7. The van der Waals surface area contributed by atoms with Gasteiger partial charge in [0.05, 0.1) is 16.3 Å². The zero-order valence-electron chi connectivity index (χ0n) is 20.5. The third-order valence-electron chi connectivity index (χ3n) is 5.99. The Bertz CT molecular complexity index is 1870. The summed E-state index contributed by atoms with van der Waals surface area (Å²) in [6.07, 6.45) is -4.76. The fourth-order valence-corrected chi connectivity index (χ4v) is 6.06. The van der Waals surface area contributed by atoms with Crippen molar-refractivity contribution in [1.29, 1.82) is 5.26 Å². The van der Waals surface area contributed by atoms with E-state index in [2.05, 4.69) is 9.71 Å². The first-order valence-corrected chi connectivity index (χ1v) is 14.1. The van der Waals surface area contributed by atoms with E-state index in [1.54, 1.807) is 12.1 Å². The van der Waals surface area contributed by atoms with Gasteiger partial charge in [-0.05, 0) is 60.5 Å². The summed E-state index contributed by atoms with van der Waals surface area (Å²) in [6, 6.07) is 13.9. The average Bonchev–Trinajstić information content (AvgIpc) is 2.89. The molecule has 0 saturated carbocycles. The second kappa shape index (κ2) is 11.8. The SMILES string of the molecule is N#Cc1c(-c2cc(C(F)(F)F)ccc2Cl)cc(-c2cc(Cl)cc(CCNS(=O)(=O)c3ccccc3Cl)c2O)[nH]c1=O. The topological polar surface area (TPSA) is 123 Å². The maximum Gasteiger partial charge on any atom is 0.416 e. The summed E-state index contributed by atoms with van der Waals surface area (Å²) in [4.78, 5) is 15.1. The average molecular weight is 643 g/mol. The molecule has 4 rings (SSSR count). The summed E-state index contributed by atoms with van der Waals surface area (Å²) in [5, 5.41) is 20.6. The van der Waals surface area contributed by atoms with E-state index in [0.29, 0.717) is 0 Å². The van der Waals surface area contributed by atoms with Gasteiger partial charge in [-0.3, -0.25) is 4.79 Å². The van der Waals surface area contributed by atoms with Gasteiger partial charge in [0.25, 0.3) is 5.56 Å². The molecule has 0 aliphatic heterocycles. The van der Waals surface area contributed by atoms with Gasteiger partial charge >= 0.3 is 6.18 Å². The number of aromatic hydroxyl groups is 1. The van der Waals surface area contributed by atoms with Crippen LogP contribution in [-0.4, -0.2) is 25.1 Å². The number of phenols is 1. The van der Waals surface area contributed by atoms with E-state index < -0.39 is 32.9 Å². The fraction of sp³-hybridized carbons (Fsp3) is 0.111. The van der Waals surface area contributed by atoms with Crippen LogP contribution in [-0.2, 0) is 22.6 Å². The first-order chi connectivity index (χ1) is 19.2. The fourth-order valence-electron chi connectivity index (χ4n) is 4.05. The number of benzene rings is 3.